The zero-order chi connectivity index (χ0) is 8.36. The molecule has 0 heterocycles. The lowest BCUT2D eigenvalue weighted by Gasteiger charge is -1.93. The van der Waals surface area contributed by atoms with E-state index in [2.05, 4.69) is 41.7 Å². The molecule has 0 aromatic heterocycles. The monoisotopic (exact) mass is 266 g/mol. The van der Waals surface area contributed by atoms with E-state index in [0.29, 0.717) is 0 Å². The Kier molecular flexibility index (Phi) is 10.9. The van der Waals surface area contributed by atoms with Crippen molar-refractivity contribution in [3.05, 3.63) is 12.2 Å². The van der Waals surface area contributed by atoms with Gasteiger partial charge in [-0.1, -0.05) is 60.9 Å². The van der Waals surface area contributed by atoms with Crippen LogP contribution in [0.1, 0.15) is 45.4 Å². The van der Waals surface area contributed by atoms with Gasteiger partial charge in [0, 0.05) is 4.43 Å². The number of hydrogen-bond acceptors (Lipinski definition) is 0. The van der Waals surface area contributed by atoms with E-state index in [1.165, 1.54) is 43.0 Å². The third-order valence-corrected chi connectivity index (χ3v) is 2.29. The van der Waals surface area contributed by atoms with Crippen LogP contribution in [0.4, 0.5) is 0 Å². The van der Waals surface area contributed by atoms with Crippen molar-refractivity contribution in [2.45, 2.75) is 45.4 Å². The second-order valence-electron chi connectivity index (χ2n) is 2.80. The van der Waals surface area contributed by atoms with Crippen LogP contribution >= 0.6 is 22.6 Å². The topological polar surface area (TPSA) is 0 Å². The van der Waals surface area contributed by atoms with Gasteiger partial charge in [0.2, 0.25) is 0 Å². The molecule has 0 saturated carbocycles. The van der Waals surface area contributed by atoms with Gasteiger partial charge in [-0.25, -0.2) is 0 Å². The fraction of sp³-hybridized carbons (Fsp3) is 0.800. The zero-order valence-electron chi connectivity index (χ0n) is 7.48. The van der Waals surface area contributed by atoms with Crippen LogP contribution in [-0.4, -0.2) is 4.43 Å². The molecule has 11 heavy (non-hydrogen) atoms. The van der Waals surface area contributed by atoms with Crippen LogP contribution in [-0.2, 0) is 0 Å². The molecule has 0 aliphatic rings. The molecule has 0 spiro atoms. The Morgan fingerprint density at radius 1 is 1.00 bits per heavy atom. The number of allylic oxidation sites excluding steroid dienone is 2. The summed E-state index contributed by atoms with van der Waals surface area (Å²) in [7, 11) is 0. The maximum absolute atomic E-state index is 2.41. The highest BCUT2D eigenvalue weighted by molar-refractivity contribution is 14.1. The third-order valence-electron chi connectivity index (χ3n) is 1.67. The Hall–Kier alpha value is 0.470. The maximum atomic E-state index is 2.41. The Morgan fingerprint density at radius 2 is 1.73 bits per heavy atom. The van der Waals surface area contributed by atoms with Crippen molar-refractivity contribution < 1.29 is 0 Å². The Morgan fingerprint density at radius 3 is 2.36 bits per heavy atom. The standard InChI is InChI=1S/C10H19I/c1-2-3-4-5-6-7-8-9-10-11/h7-8H,2-6,9-10H2,1H3. The molecule has 0 radical (unpaired) electrons. The molecule has 0 saturated heterocycles. The van der Waals surface area contributed by atoms with Crippen molar-refractivity contribution in [1.29, 1.82) is 0 Å². The second kappa shape index (κ2) is 10.5. The minimum absolute atomic E-state index is 1.24. The van der Waals surface area contributed by atoms with Crippen LogP contribution in [0, 0.1) is 0 Å². The summed E-state index contributed by atoms with van der Waals surface area (Å²) in [6.07, 6.45) is 12.7. The summed E-state index contributed by atoms with van der Waals surface area (Å²) < 4.78 is 1.25. The minimum Gasteiger partial charge on any atom is -0.0885 e. The van der Waals surface area contributed by atoms with Gasteiger partial charge in [0.05, 0.1) is 0 Å². The van der Waals surface area contributed by atoms with Gasteiger partial charge in [-0.3, -0.25) is 0 Å². The quantitative estimate of drug-likeness (QED) is 0.278. The van der Waals surface area contributed by atoms with Crippen LogP contribution in [0.3, 0.4) is 0 Å². The molecule has 0 fully saturated rings. The lowest BCUT2D eigenvalue weighted by molar-refractivity contribution is 0.674. The molecule has 0 aliphatic heterocycles. The van der Waals surface area contributed by atoms with Crippen molar-refractivity contribution in [2.24, 2.45) is 0 Å². The van der Waals surface area contributed by atoms with Crippen LogP contribution in [0.2, 0.25) is 0 Å². The predicted octanol–water partition coefficient (Wildman–Crippen LogP) is 4.34. The molecule has 1 heteroatoms. The summed E-state index contributed by atoms with van der Waals surface area (Å²) in [6.45, 7) is 2.26. The van der Waals surface area contributed by atoms with E-state index in [1.54, 1.807) is 0 Å². The van der Waals surface area contributed by atoms with Gasteiger partial charge in [0.1, 0.15) is 0 Å². The Labute approximate surface area is 84.6 Å². The SMILES string of the molecule is CCCCCCC=CCCI. The summed E-state index contributed by atoms with van der Waals surface area (Å²) in [6, 6.07) is 0. The average molecular weight is 266 g/mol. The largest absolute Gasteiger partial charge is 0.0885 e. The minimum atomic E-state index is 1.24. The maximum Gasteiger partial charge on any atom is 0.00299 e. The first kappa shape index (κ1) is 11.5. The van der Waals surface area contributed by atoms with Gasteiger partial charge >= 0.3 is 0 Å². The number of unbranched alkanes of at least 4 members (excludes halogenated alkanes) is 4. The highest BCUT2D eigenvalue weighted by Gasteiger charge is 1.83. The molecule has 66 valence electrons. The molecule has 0 rings (SSSR count). The molecule has 0 amide bonds. The third kappa shape index (κ3) is 10.5. The molecule has 0 nitrogen and oxygen atoms in total. The summed E-state index contributed by atoms with van der Waals surface area (Å²) in [5.41, 5.74) is 0. The number of alkyl halides is 1. The molecular weight excluding hydrogens is 247 g/mol. The average Bonchev–Trinajstić information content (AvgIpc) is 2.03. The molecule has 0 atom stereocenters. The number of halogens is 1. The molecule has 0 aromatic rings. The summed E-state index contributed by atoms with van der Waals surface area (Å²) in [4.78, 5) is 0. The Bertz CT molecular complexity index is 86.9. The molecule has 0 bridgehead atoms. The van der Waals surface area contributed by atoms with Crippen molar-refractivity contribution in [1.82, 2.24) is 0 Å². The highest BCUT2D eigenvalue weighted by Crippen LogP contribution is 2.03. The van der Waals surface area contributed by atoms with Gasteiger partial charge in [-0.15, -0.1) is 0 Å². The predicted molar refractivity (Wildman–Crippen MR) is 61.4 cm³/mol. The lowest BCUT2D eigenvalue weighted by Crippen LogP contribution is -1.74. The van der Waals surface area contributed by atoms with Crippen molar-refractivity contribution in [3.8, 4) is 0 Å². The van der Waals surface area contributed by atoms with E-state index < -0.39 is 0 Å². The number of hydrogen-bond donors (Lipinski definition) is 0. The summed E-state index contributed by atoms with van der Waals surface area (Å²) >= 11 is 2.41. The summed E-state index contributed by atoms with van der Waals surface area (Å²) in [5.74, 6) is 0. The van der Waals surface area contributed by atoms with Crippen molar-refractivity contribution in [2.75, 3.05) is 4.43 Å². The molecule has 0 unspecified atom stereocenters. The van der Waals surface area contributed by atoms with E-state index in [1.807, 2.05) is 0 Å². The second-order valence-corrected chi connectivity index (χ2v) is 3.88. The molecule has 0 aromatic carbocycles. The lowest BCUT2D eigenvalue weighted by atomic mass is 10.1. The van der Waals surface area contributed by atoms with Gasteiger partial charge in [0.25, 0.3) is 0 Å². The van der Waals surface area contributed by atoms with Gasteiger partial charge < -0.3 is 0 Å². The number of rotatable bonds is 7. The normalized spacial score (nSPS) is 11.1. The highest BCUT2D eigenvalue weighted by atomic mass is 127. The fourth-order valence-electron chi connectivity index (χ4n) is 0.988. The molecule has 0 aliphatic carbocycles. The van der Waals surface area contributed by atoms with E-state index >= 15 is 0 Å². The summed E-state index contributed by atoms with van der Waals surface area (Å²) in [5, 5.41) is 0. The van der Waals surface area contributed by atoms with E-state index in [0.717, 1.165) is 0 Å². The fourth-order valence-corrected chi connectivity index (χ4v) is 1.35. The Balaban J connectivity index is 2.89. The smallest absolute Gasteiger partial charge is 0.00299 e. The van der Waals surface area contributed by atoms with Gasteiger partial charge in [-0.2, -0.15) is 0 Å². The van der Waals surface area contributed by atoms with Crippen molar-refractivity contribution in [3.63, 3.8) is 0 Å². The van der Waals surface area contributed by atoms with Gasteiger partial charge in [0.15, 0.2) is 0 Å². The van der Waals surface area contributed by atoms with E-state index in [-0.39, 0.29) is 0 Å². The van der Waals surface area contributed by atoms with E-state index in [4.69, 9.17) is 0 Å². The van der Waals surface area contributed by atoms with Crippen LogP contribution in [0.25, 0.3) is 0 Å². The molecular formula is C10H19I. The zero-order valence-corrected chi connectivity index (χ0v) is 9.64. The van der Waals surface area contributed by atoms with Crippen LogP contribution in [0.5, 0.6) is 0 Å². The molecule has 0 N–H and O–H groups in total. The first-order chi connectivity index (χ1) is 5.41. The van der Waals surface area contributed by atoms with Gasteiger partial charge in [-0.05, 0) is 19.3 Å². The first-order valence-electron chi connectivity index (χ1n) is 4.62. The van der Waals surface area contributed by atoms with Crippen molar-refractivity contribution >= 4 is 22.6 Å². The van der Waals surface area contributed by atoms with E-state index in [9.17, 15) is 0 Å². The van der Waals surface area contributed by atoms with Crippen LogP contribution < -0.4 is 0 Å². The van der Waals surface area contributed by atoms with Crippen LogP contribution in [0.15, 0.2) is 12.2 Å². The first-order valence-corrected chi connectivity index (χ1v) is 6.15.